The van der Waals surface area contributed by atoms with Crippen molar-refractivity contribution in [2.75, 3.05) is 0 Å². The van der Waals surface area contributed by atoms with Crippen molar-refractivity contribution in [3.8, 4) is 0 Å². The van der Waals surface area contributed by atoms with Gasteiger partial charge >= 0.3 is 12.1 Å². The second-order valence-electron chi connectivity index (χ2n) is 4.52. The van der Waals surface area contributed by atoms with Gasteiger partial charge in [-0.1, -0.05) is 28.4 Å². The Labute approximate surface area is 143 Å². The molecule has 0 atom stereocenters. The van der Waals surface area contributed by atoms with Crippen molar-refractivity contribution in [2.24, 2.45) is 17.9 Å². The van der Waals surface area contributed by atoms with Crippen molar-refractivity contribution >= 4 is 35.0 Å². The molecule has 0 saturated carbocycles. The Morgan fingerprint density at radius 2 is 2.00 bits per heavy atom. The van der Waals surface area contributed by atoms with E-state index in [1.807, 2.05) is 0 Å². The first-order chi connectivity index (χ1) is 11.1. The lowest BCUT2D eigenvalue weighted by Gasteiger charge is -2.04. The van der Waals surface area contributed by atoms with Crippen LogP contribution in [-0.4, -0.2) is 21.6 Å². The van der Waals surface area contributed by atoms with Gasteiger partial charge in [0.15, 0.2) is 11.5 Å². The zero-order valence-electron chi connectivity index (χ0n) is 11.9. The Morgan fingerprint density at radius 3 is 2.54 bits per heavy atom. The SMILES string of the molecule is Cn1nc(C(F)(F)F)cc1C(=O)O/N=C(\N)c1ccc(Cl)cc1Cl. The number of oxime groups is 1. The smallest absolute Gasteiger partial charge is 0.380 e. The van der Waals surface area contributed by atoms with E-state index >= 15 is 0 Å². The van der Waals surface area contributed by atoms with Gasteiger partial charge in [-0.15, -0.1) is 0 Å². The number of halogens is 5. The summed E-state index contributed by atoms with van der Waals surface area (Å²) in [5, 5.41) is 7.09. The molecular weight excluding hydrogens is 372 g/mol. The van der Waals surface area contributed by atoms with Crippen LogP contribution in [-0.2, 0) is 18.1 Å². The van der Waals surface area contributed by atoms with Crippen molar-refractivity contribution in [1.82, 2.24) is 9.78 Å². The number of hydrogen-bond acceptors (Lipinski definition) is 4. The van der Waals surface area contributed by atoms with E-state index < -0.39 is 23.5 Å². The Balaban J connectivity index is 2.19. The van der Waals surface area contributed by atoms with Crippen LogP contribution < -0.4 is 5.73 Å². The van der Waals surface area contributed by atoms with Crippen LogP contribution in [0.3, 0.4) is 0 Å². The number of aromatic nitrogens is 2. The molecule has 2 aromatic rings. The number of carbonyl (C=O) groups is 1. The predicted molar refractivity (Wildman–Crippen MR) is 80.8 cm³/mol. The number of rotatable bonds is 3. The maximum absolute atomic E-state index is 12.6. The summed E-state index contributed by atoms with van der Waals surface area (Å²) in [7, 11) is 1.16. The lowest BCUT2D eigenvalue weighted by Crippen LogP contribution is -2.16. The molecule has 1 heterocycles. The van der Waals surface area contributed by atoms with Gasteiger partial charge in [-0.25, -0.2) is 4.79 Å². The number of alkyl halides is 3. The molecule has 0 amide bonds. The first-order valence-corrected chi connectivity index (χ1v) is 6.96. The van der Waals surface area contributed by atoms with E-state index in [1.54, 1.807) is 0 Å². The Hall–Kier alpha value is -2.26. The third-order valence-electron chi connectivity index (χ3n) is 2.81. The molecule has 24 heavy (non-hydrogen) atoms. The minimum Gasteiger partial charge on any atom is -0.380 e. The summed E-state index contributed by atoms with van der Waals surface area (Å²) in [5.74, 6) is -1.41. The van der Waals surface area contributed by atoms with Crippen LogP contribution in [0.15, 0.2) is 29.4 Å². The molecule has 6 nitrogen and oxygen atoms in total. The predicted octanol–water partition coefficient (Wildman–Crippen LogP) is 3.22. The molecule has 0 aliphatic carbocycles. The van der Waals surface area contributed by atoms with E-state index in [-0.39, 0.29) is 16.4 Å². The number of aryl methyl sites for hydroxylation is 1. The molecule has 11 heteroatoms. The van der Waals surface area contributed by atoms with Crippen molar-refractivity contribution < 1.29 is 22.8 Å². The van der Waals surface area contributed by atoms with Gasteiger partial charge in [0.2, 0.25) is 0 Å². The highest BCUT2D eigenvalue weighted by Crippen LogP contribution is 2.28. The molecule has 0 fully saturated rings. The first kappa shape index (κ1) is 18.1. The van der Waals surface area contributed by atoms with Gasteiger partial charge < -0.3 is 10.6 Å². The third-order valence-corrected chi connectivity index (χ3v) is 3.36. The van der Waals surface area contributed by atoms with Crippen LogP contribution in [0.4, 0.5) is 13.2 Å². The van der Waals surface area contributed by atoms with Crippen LogP contribution in [0.25, 0.3) is 0 Å². The molecule has 0 spiro atoms. The van der Waals surface area contributed by atoms with E-state index in [1.165, 1.54) is 18.2 Å². The zero-order chi connectivity index (χ0) is 18.1. The lowest BCUT2D eigenvalue weighted by molar-refractivity contribution is -0.141. The Kier molecular flexibility index (Phi) is 5.05. The number of nitrogens with two attached hydrogens (primary N) is 1. The summed E-state index contributed by atoms with van der Waals surface area (Å²) in [6.45, 7) is 0. The van der Waals surface area contributed by atoms with E-state index in [0.29, 0.717) is 11.1 Å². The zero-order valence-corrected chi connectivity index (χ0v) is 13.4. The minimum atomic E-state index is -4.69. The largest absolute Gasteiger partial charge is 0.435 e. The fourth-order valence-corrected chi connectivity index (χ4v) is 2.19. The van der Waals surface area contributed by atoms with Crippen LogP contribution in [0.1, 0.15) is 21.7 Å². The van der Waals surface area contributed by atoms with Gasteiger partial charge in [0, 0.05) is 23.7 Å². The van der Waals surface area contributed by atoms with Gasteiger partial charge in [-0.05, 0) is 18.2 Å². The second kappa shape index (κ2) is 6.70. The van der Waals surface area contributed by atoms with E-state index in [2.05, 4.69) is 15.1 Å². The standard InChI is InChI=1S/C13H9Cl2F3N4O2/c1-22-9(5-10(20-22)13(16,17)18)12(23)24-21-11(19)7-3-2-6(14)4-8(7)15/h2-5H,1H3,(H2,19,21). The van der Waals surface area contributed by atoms with Gasteiger partial charge in [-0.2, -0.15) is 18.3 Å². The van der Waals surface area contributed by atoms with Crippen molar-refractivity contribution in [3.63, 3.8) is 0 Å². The molecule has 0 unspecified atom stereocenters. The average Bonchev–Trinajstić information content (AvgIpc) is 2.86. The van der Waals surface area contributed by atoms with Crippen molar-refractivity contribution in [2.45, 2.75) is 6.18 Å². The topological polar surface area (TPSA) is 82.5 Å². The average molecular weight is 381 g/mol. The van der Waals surface area contributed by atoms with Gasteiger partial charge in [0.25, 0.3) is 0 Å². The lowest BCUT2D eigenvalue weighted by atomic mass is 10.2. The monoisotopic (exact) mass is 380 g/mol. The highest BCUT2D eigenvalue weighted by Gasteiger charge is 2.35. The number of benzene rings is 1. The van der Waals surface area contributed by atoms with Gasteiger partial charge in [-0.3, -0.25) is 4.68 Å². The third kappa shape index (κ3) is 3.98. The molecule has 0 saturated heterocycles. The highest BCUT2D eigenvalue weighted by atomic mass is 35.5. The summed E-state index contributed by atoms with van der Waals surface area (Å²) in [4.78, 5) is 16.4. The number of carbonyl (C=O) groups excluding carboxylic acids is 1. The van der Waals surface area contributed by atoms with Gasteiger partial charge in [0.05, 0.1) is 5.02 Å². The Bertz CT molecular complexity index is 818. The number of amidine groups is 1. The summed E-state index contributed by atoms with van der Waals surface area (Å²) in [5.41, 5.74) is 4.20. The molecule has 0 bridgehead atoms. The molecule has 1 aromatic heterocycles. The Morgan fingerprint density at radius 1 is 1.33 bits per heavy atom. The fraction of sp³-hybridized carbons (Fsp3) is 0.154. The van der Waals surface area contributed by atoms with Crippen LogP contribution in [0.2, 0.25) is 10.0 Å². The van der Waals surface area contributed by atoms with Crippen LogP contribution in [0, 0.1) is 0 Å². The molecule has 0 aliphatic heterocycles. The number of hydrogen-bond donors (Lipinski definition) is 1. The summed E-state index contributed by atoms with van der Waals surface area (Å²) < 4.78 is 38.4. The van der Waals surface area contributed by atoms with Crippen molar-refractivity contribution in [3.05, 3.63) is 51.3 Å². The fourth-order valence-electron chi connectivity index (χ4n) is 1.68. The molecule has 1 aromatic carbocycles. The maximum atomic E-state index is 12.6. The second-order valence-corrected chi connectivity index (χ2v) is 5.36. The van der Waals surface area contributed by atoms with Crippen LogP contribution in [0.5, 0.6) is 0 Å². The molecule has 2 rings (SSSR count). The molecule has 0 aliphatic rings. The quantitative estimate of drug-likeness (QED) is 0.383. The van der Waals surface area contributed by atoms with Crippen LogP contribution >= 0.6 is 23.2 Å². The summed E-state index contributed by atoms with van der Waals surface area (Å²) in [6, 6.07) is 4.88. The molecule has 128 valence electrons. The highest BCUT2D eigenvalue weighted by molar-refractivity contribution is 6.36. The molecular formula is C13H9Cl2F3N4O2. The van der Waals surface area contributed by atoms with E-state index in [4.69, 9.17) is 28.9 Å². The van der Waals surface area contributed by atoms with Crippen molar-refractivity contribution in [1.29, 1.82) is 0 Å². The molecule has 2 N–H and O–H groups in total. The van der Waals surface area contributed by atoms with E-state index in [9.17, 15) is 18.0 Å². The maximum Gasteiger partial charge on any atom is 0.435 e. The summed E-state index contributed by atoms with van der Waals surface area (Å²) >= 11 is 11.6. The minimum absolute atomic E-state index is 0.166. The van der Waals surface area contributed by atoms with E-state index in [0.717, 1.165) is 11.7 Å². The summed E-state index contributed by atoms with van der Waals surface area (Å²) in [6.07, 6.45) is -4.69. The number of nitrogens with zero attached hydrogens (tertiary/aromatic N) is 3. The first-order valence-electron chi connectivity index (χ1n) is 6.21. The molecule has 0 radical (unpaired) electrons. The normalized spacial score (nSPS) is 12.3. The van der Waals surface area contributed by atoms with Gasteiger partial charge in [0.1, 0.15) is 5.69 Å².